The highest BCUT2D eigenvalue weighted by Gasteiger charge is 2.28. The van der Waals surface area contributed by atoms with Gasteiger partial charge >= 0.3 is 0 Å². The molecule has 0 spiro atoms. The maximum Gasteiger partial charge on any atom is 0.229 e. The molecule has 124 valence electrons. The van der Waals surface area contributed by atoms with Gasteiger partial charge in [-0.1, -0.05) is 18.2 Å². The Labute approximate surface area is 140 Å². The van der Waals surface area contributed by atoms with Crippen molar-refractivity contribution in [1.82, 2.24) is 5.32 Å². The van der Waals surface area contributed by atoms with E-state index in [9.17, 15) is 9.18 Å². The number of fused-ring (bicyclic) bond motifs is 3. The quantitative estimate of drug-likeness (QED) is 0.908. The molecular weight excluding hydrogens is 307 g/mol. The monoisotopic (exact) mass is 326 g/mol. The maximum absolute atomic E-state index is 12.9. The third-order valence-corrected chi connectivity index (χ3v) is 4.59. The summed E-state index contributed by atoms with van der Waals surface area (Å²) in [4.78, 5) is 11.6. The first-order valence-corrected chi connectivity index (χ1v) is 8.25. The lowest BCUT2D eigenvalue weighted by atomic mass is 9.97. The molecule has 2 aliphatic heterocycles. The number of aryl methyl sites for hydroxylation is 1. The molecule has 5 heteroatoms. The smallest absolute Gasteiger partial charge is 0.229 e. The molecule has 24 heavy (non-hydrogen) atoms. The van der Waals surface area contributed by atoms with E-state index in [0.717, 1.165) is 42.0 Å². The van der Waals surface area contributed by atoms with Gasteiger partial charge in [-0.3, -0.25) is 4.79 Å². The first-order valence-electron chi connectivity index (χ1n) is 8.25. The largest absolute Gasteiger partial charge is 0.488 e. The number of ether oxygens (including phenoxy) is 1. The van der Waals surface area contributed by atoms with E-state index in [0.29, 0.717) is 13.0 Å². The van der Waals surface area contributed by atoms with Crippen LogP contribution in [0.1, 0.15) is 23.1 Å². The molecular formula is C19H19FN2O2. The van der Waals surface area contributed by atoms with Crippen molar-refractivity contribution in [1.29, 1.82) is 0 Å². The highest BCUT2D eigenvalue weighted by molar-refractivity contribution is 6.00. The van der Waals surface area contributed by atoms with Crippen molar-refractivity contribution < 1.29 is 13.9 Å². The van der Waals surface area contributed by atoms with Gasteiger partial charge in [0, 0.05) is 24.3 Å². The number of anilines is 1. The summed E-state index contributed by atoms with van der Waals surface area (Å²) in [5.41, 5.74) is 4.09. The molecule has 2 N–H and O–H groups in total. The van der Waals surface area contributed by atoms with Crippen molar-refractivity contribution in [3.63, 3.8) is 0 Å². The second-order valence-electron chi connectivity index (χ2n) is 6.34. The first kappa shape index (κ1) is 15.1. The summed E-state index contributed by atoms with van der Waals surface area (Å²) < 4.78 is 19.1. The van der Waals surface area contributed by atoms with Crippen LogP contribution in [0.4, 0.5) is 10.1 Å². The third kappa shape index (κ3) is 2.99. The molecule has 2 aromatic carbocycles. The van der Waals surface area contributed by atoms with E-state index in [1.165, 1.54) is 17.7 Å². The highest BCUT2D eigenvalue weighted by Crippen LogP contribution is 2.38. The van der Waals surface area contributed by atoms with Gasteiger partial charge in [0.25, 0.3) is 0 Å². The van der Waals surface area contributed by atoms with E-state index in [1.54, 1.807) is 12.1 Å². The number of benzene rings is 2. The van der Waals surface area contributed by atoms with Crippen LogP contribution in [0.25, 0.3) is 0 Å². The normalized spacial score (nSPS) is 18.5. The molecule has 0 fully saturated rings. The van der Waals surface area contributed by atoms with Gasteiger partial charge in [-0.05, 0) is 42.2 Å². The molecule has 2 aliphatic rings. The molecule has 1 atom stereocenters. The number of carbonyl (C=O) groups excluding carboxylic acids is 1. The predicted molar refractivity (Wildman–Crippen MR) is 89.6 cm³/mol. The van der Waals surface area contributed by atoms with Crippen LogP contribution >= 0.6 is 0 Å². The number of hydrogen-bond donors (Lipinski definition) is 2. The van der Waals surface area contributed by atoms with Crippen molar-refractivity contribution in [3.05, 3.63) is 58.9 Å². The second-order valence-corrected chi connectivity index (χ2v) is 6.34. The summed E-state index contributed by atoms with van der Waals surface area (Å²) in [5, 5.41) is 6.23. The molecule has 0 bridgehead atoms. The lowest BCUT2D eigenvalue weighted by Gasteiger charge is -2.28. The Morgan fingerprint density at radius 1 is 1.21 bits per heavy atom. The highest BCUT2D eigenvalue weighted by atomic mass is 19.1. The van der Waals surface area contributed by atoms with Crippen LogP contribution in [0.5, 0.6) is 5.75 Å². The summed E-state index contributed by atoms with van der Waals surface area (Å²) in [7, 11) is 0. The minimum absolute atomic E-state index is 0.0264. The number of nitrogens with one attached hydrogen (secondary N) is 2. The van der Waals surface area contributed by atoms with Gasteiger partial charge in [0.1, 0.15) is 17.7 Å². The lowest BCUT2D eigenvalue weighted by Crippen LogP contribution is -2.34. The Hall–Kier alpha value is -2.40. The standard InChI is InChI=1S/C19H19FN2O2/c20-14-5-1-12(2-6-14)10-21-11-15-7-3-13-4-8-17-16(19(13)24-15)9-18(23)22-17/h1-2,4-6,8,15,21H,3,7,9-11H2,(H,22,23). The minimum Gasteiger partial charge on any atom is -0.488 e. The van der Waals surface area contributed by atoms with Crippen molar-refractivity contribution >= 4 is 11.6 Å². The Morgan fingerprint density at radius 3 is 2.88 bits per heavy atom. The third-order valence-electron chi connectivity index (χ3n) is 4.59. The van der Waals surface area contributed by atoms with Crippen molar-refractivity contribution in [2.24, 2.45) is 0 Å². The van der Waals surface area contributed by atoms with E-state index in [1.807, 2.05) is 12.1 Å². The molecule has 1 amide bonds. The maximum atomic E-state index is 12.9. The van der Waals surface area contributed by atoms with E-state index in [-0.39, 0.29) is 17.8 Å². The Bertz CT molecular complexity index is 774. The van der Waals surface area contributed by atoms with Gasteiger partial charge in [-0.25, -0.2) is 4.39 Å². The fourth-order valence-electron chi connectivity index (χ4n) is 3.33. The van der Waals surface area contributed by atoms with Crippen LogP contribution in [0.2, 0.25) is 0 Å². The molecule has 2 aromatic rings. The summed E-state index contributed by atoms with van der Waals surface area (Å²) >= 11 is 0. The average Bonchev–Trinajstić information content (AvgIpc) is 2.97. The molecule has 2 heterocycles. The fraction of sp³-hybridized carbons (Fsp3) is 0.316. The van der Waals surface area contributed by atoms with Crippen LogP contribution in [0, 0.1) is 5.82 Å². The Morgan fingerprint density at radius 2 is 2.04 bits per heavy atom. The second kappa shape index (κ2) is 6.24. The number of carbonyl (C=O) groups is 1. The summed E-state index contributed by atoms with van der Waals surface area (Å²) in [6.45, 7) is 1.40. The molecule has 4 rings (SSSR count). The molecule has 4 nitrogen and oxygen atoms in total. The number of rotatable bonds is 4. The van der Waals surface area contributed by atoms with Crippen LogP contribution in [-0.4, -0.2) is 18.6 Å². The molecule has 0 aromatic heterocycles. The van der Waals surface area contributed by atoms with Gasteiger partial charge < -0.3 is 15.4 Å². The van der Waals surface area contributed by atoms with Gasteiger partial charge in [-0.2, -0.15) is 0 Å². The van der Waals surface area contributed by atoms with Crippen LogP contribution in [0.15, 0.2) is 36.4 Å². The number of amides is 1. The fourth-order valence-corrected chi connectivity index (χ4v) is 3.33. The van der Waals surface area contributed by atoms with E-state index in [2.05, 4.69) is 10.6 Å². The minimum atomic E-state index is -0.219. The van der Waals surface area contributed by atoms with Gasteiger partial charge in [0.15, 0.2) is 0 Å². The molecule has 0 saturated heterocycles. The van der Waals surface area contributed by atoms with Gasteiger partial charge in [-0.15, -0.1) is 0 Å². The van der Waals surface area contributed by atoms with E-state index >= 15 is 0 Å². The zero-order valence-electron chi connectivity index (χ0n) is 13.3. The van der Waals surface area contributed by atoms with Crippen molar-refractivity contribution in [3.8, 4) is 5.75 Å². The van der Waals surface area contributed by atoms with Gasteiger partial charge in [0.2, 0.25) is 5.91 Å². The van der Waals surface area contributed by atoms with Crippen LogP contribution in [0.3, 0.4) is 0 Å². The summed E-state index contributed by atoms with van der Waals surface area (Å²) in [6, 6.07) is 10.5. The Kier molecular flexibility index (Phi) is 3.94. The zero-order chi connectivity index (χ0) is 16.5. The first-order chi connectivity index (χ1) is 11.7. The topological polar surface area (TPSA) is 50.4 Å². The molecule has 0 aliphatic carbocycles. The number of hydrogen-bond acceptors (Lipinski definition) is 3. The zero-order valence-corrected chi connectivity index (χ0v) is 13.3. The van der Waals surface area contributed by atoms with Crippen LogP contribution in [-0.2, 0) is 24.2 Å². The predicted octanol–water partition coefficient (Wildman–Crippen LogP) is 2.80. The number of halogens is 1. The lowest BCUT2D eigenvalue weighted by molar-refractivity contribution is -0.115. The summed E-state index contributed by atoms with van der Waals surface area (Å²) in [5.74, 6) is 0.687. The van der Waals surface area contributed by atoms with E-state index in [4.69, 9.17) is 4.74 Å². The average molecular weight is 326 g/mol. The molecule has 1 unspecified atom stereocenters. The SMILES string of the molecule is O=C1Cc2c(ccc3c2OC(CNCc2ccc(F)cc2)CC3)N1. The van der Waals surface area contributed by atoms with Crippen molar-refractivity contribution in [2.45, 2.75) is 31.9 Å². The van der Waals surface area contributed by atoms with E-state index < -0.39 is 0 Å². The molecule has 0 radical (unpaired) electrons. The Balaban J connectivity index is 1.39. The van der Waals surface area contributed by atoms with Crippen LogP contribution < -0.4 is 15.4 Å². The summed E-state index contributed by atoms with van der Waals surface area (Å²) in [6.07, 6.45) is 2.39. The molecule has 0 saturated carbocycles. The van der Waals surface area contributed by atoms with Gasteiger partial charge in [0.05, 0.1) is 6.42 Å². The van der Waals surface area contributed by atoms with Crippen molar-refractivity contribution in [2.75, 3.05) is 11.9 Å².